The molecule has 0 rings (SSSR count). The Labute approximate surface area is 599 Å². The van der Waals surface area contributed by atoms with Gasteiger partial charge in [0.2, 0.25) is 0 Å². The number of hydrogen-bond donors (Lipinski definition) is 3. The van der Waals surface area contributed by atoms with Crippen molar-refractivity contribution in [3.63, 3.8) is 0 Å². The maximum absolute atomic E-state index is 13.1. The summed E-state index contributed by atoms with van der Waals surface area (Å²) in [6.07, 6.45) is 61.7. The molecule has 0 aromatic carbocycles. The second-order valence-electron chi connectivity index (χ2n) is 28.7. The van der Waals surface area contributed by atoms with Crippen LogP contribution in [0.3, 0.4) is 0 Å². The van der Waals surface area contributed by atoms with Crippen LogP contribution in [0.4, 0.5) is 0 Å². The molecule has 0 saturated carbocycles. The summed E-state index contributed by atoms with van der Waals surface area (Å²) in [6.45, 7) is 9.57. The van der Waals surface area contributed by atoms with Crippen molar-refractivity contribution in [1.29, 1.82) is 0 Å². The van der Waals surface area contributed by atoms with Gasteiger partial charge in [-0.1, -0.05) is 336 Å². The molecule has 0 fully saturated rings. The standard InChI is InChI=1S/C79H150O17P2/c1-7-9-11-13-15-17-19-21-23-27-31-38-44-50-56-62-77(82)90-67-74(95-78(83)63-57-51-45-39-32-28-25-22-24-26-29-35-41-47-53-59-71(3)4)69-93-97(85,86)91-65-73(80)66-92-98(87,88)94-70-75(68-89-76(81)61-55-49-43-37-30-20-18-16-14-12-10-8-2)96-79(84)64-58-52-46-40-34-33-36-42-48-54-60-72(5)6/h17,19,21,23,71-75,80H,7-16,18,20,22,24-70H2,1-6H3,(H,85,86)(H,87,88)/b19-17-,23-21-/t73-,74-,75-/m1/s1. The van der Waals surface area contributed by atoms with Gasteiger partial charge in [0.05, 0.1) is 26.4 Å². The third-order valence-corrected chi connectivity index (χ3v) is 19.7. The van der Waals surface area contributed by atoms with Gasteiger partial charge in [0.25, 0.3) is 0 Å². The fourth-order valence-electron chi connectivity index (χ4n) is 11.6. The number of carbonyl (C=O) groups excluding carboxylic acids is 4. The average Bonchev–Trinajstić information content (AvgIpc) is 1.03. The van der Waals surface area contributed by atoms with Gasteiger partial charge in [-0.3, -0.25) is 37.3 Å². The number of phosphoric acid groups is 2. The van der Waals surface area contributed by atoms with Gasteiger partial charge in [-0.2, -0.15) is 0 Å². The van der Waals surface area contributed by atoms with Crippen molar-refractivity contribution in [1.82, 2.24) is 0 Å². The number of aliphatic hydroxyl groups is 1. The Morgan fingerprint density at radius 3 is 0.837 bits per heavy atom. The monoisotopic (exact) mass is 1430 g/mol. The smallest absolute Gasteiger partial charge is 0.462 e. The second kappa shape index (κ2) is 70.2. The van der Waals surface area contributed by atoms with Crippen molar-refractivity contribution in [2.45, 2.75) is 407 Å². The van der Waals surface area contributed by atoms with Crippen molar-refractivity contribution in [2.75, 3.05) is 39.6 Å². The van der Waals surface area contributed by atoms with Gasteiger partial charge in [0.15, 0.2) is 12.2 Å². The van der Waals surface area contributed by atoms with E-state index in [0.717, 1.165) is 121 Å². The van der Waals surface area contributed by atoms with Gasteiger partial charge < -0.3 is 33.8 Å². The number of aliphatic hydroxyl groups excluding tert-OH is 1. The minimum Gasteiger partial charge on any atom is -0.462 e. The topological polar surface area (TPSA) is 237 Å². The van der Waals surface area contributed by atoms with E-state index < -0.39 is 97.5 Å². The van der Waals surface area contributed by atoms with E-state index in [2.05, 4.69) is 65.8 Å². The van der Waals surface area contributed by atoms with E-state index in [9.17, 15) is 43.2 Å². The molecule has 3 N–H and O–H groups in total. The first-order chi connectivity index (χ1) is 47.4. The fraction of sp³-hybridized carbons (Fsp3) is 0.899. The predicted molar refractivity (Wildman–Crippen MR) is 400 cm³/mol. The molecule has 0 spiro atoms. The zero-order valence-corrected chi connectivity index (χ0v) is 65.4. The molecule has 0 aromatic heterocycles. The number of phosphoric ester groups is 2. The van der Waals surface area contributed by atoms with Gasteiger partial charge in [0.1, 0.15) is 19.3 Å². The Morgan fingerprint density at radius 1 is 0.316 bits per heavy atom. The maximum Gasteiger partial charge on any atom is 0.472 e. The molecule has 0 bridgehead atoms. The Morgan fingerprint density at radius 2 is 0.551 bits per heavy atom. The number of esters is 4. The van der Waals surface area contributed by atoms with E-state index >= 15 is 0 Å². The van der Waals surface area contributed by atoms with E-state index in [1.54, 1.807) is 0 Å². The van der Waals surface area contributed by atoms with E-state index in [1.165, 1.54) is 186 Å². The van der Waals surface area contributed by atoms with Crippen molar-refractivity contribution in [3.05, 3.63) is 24.3 Å². The van der Waals surface area contributed by atoms with Crippen LogP contribution in [-0.4, -0.2) is 96.7 Å². The minimum absolute atomic E-state index is 0.101. The molecule has 0 aromatic rings. The molecule has 19 heteroatoms. The van der Waals surface area contributed by atoms with Gasteiger partial charge in [-0.05, 0) is 63.2 Å². The Bertz CT molecular complexity index is 1980. The number of ether oxygens (including phenoxy) is 4. The third kappa shape index (κ3) is 71.9. The quantitative estimate of drug-likeness (QED) is 0.0169. The van der Waals surface area contributed by atoms with Crippen molar-refractivity contribution in [2.24, 2.45) is 11.8 Å². The molecule has 0 radical (unpaired) electrons. The fourth-order valence-corrected chi connectivity index (χ4v) is 13.2. The number of hydrogen-bond acceptors (Lipinski definition) is 15. The number of unbranched alkanes of at least 4 members (excludes halogenated alkanes) is 43. The van der Waals surface area contributed by atoms with Crippen LogP contribution in [0.25, 0.3) is 0 Å². The number of carbonyl (C=O) groups is 4. The highest BCUT2D eigenvalue weighted by molar-refractivity contribution is 7.47. The summed E-state index contributed by atoms with van der Waals surface area (Å²) in [5.74, 6) is -0.590. The van der Waals surface area contributed by atoms with Crippen LogP contribution in [0.2, 0.25) is 0 Å². The summed E-state index contributed by atoms with van der Waals surface area (Å²) >= 11 is 0. The Hall–Kier alpha value is -2.46. The zero-order chi connectivity index (χ0) is 72.1. The van der Waals surface area contributed by atoms with Crippen LogP contribution in [0.5, 0.6) is 0 Å². The SMILES string of the molecule is CCCCCC/C=C\C=C/CCCCCCCC(=O)OC[C@H](COP(=O)(O)OC[C@@H](O)COP(=O)(O)OC[C@@H](COC(=O)CCCCCCCCCCCCCC)OC(=O)CCCCCCCCCCCCC(C)C)OC(=O)CCCCCCCCCCCCCCCCCC(C)C. The van der Waals surface area contributed by atoms with Crippen LogP contribution < -0.4 is 0 Å². The van der Waals surface area contributed by atoms with Crippen molar-refractivity contribution >= 4 is 39.5 Å². The van der Waals surface area contributed by atoms with Crippen LogP contribution in [0.1, 0.15) is 388 Å². The maximum atomic E-state index is 13.1. The van der Waals surface area contributed by atoms with Crippen molar-refractivity contribution in [3.8, 4) is 0 Å². The van der Waals surface area contributed by atoms with Gasteiger partial charge >= 0.3 is 39.5 Å². The van der Waals surface area contributed by atoms with Gasteiger partial charge in [-0.25, -0.2) is 9.13 Å². The molecule has 0 saturated heterocycles. The molecule has 2 unspecified atom stereocenters. The molecule has 0 amide bonds. The van der Waals surface area contributed by atoms with Crippen LogP contribution in [0, 0.1) is 11.8 Å². The molecular formula is C79H150O17P2. The molecule has 17 nitrogen and oxygen atoms in total. The lowest BCUT2D eigenvalue weighted by molar-refractivity contribution is -0.161. The second-order valence-corrected chi connectivity index (χ2v) is 31.6. The van der Waals surface area contributed by atoms with Crippen LogP contribution >= 0.6 is 15.6 Å². The first-order valence-corrected chi connectivity index (χ1v) is 43.3. The molecule has 0 aliphatic heterocycles. The van der Waals surface area contributed by atoms with Gasteiger partial charge in [0, 0.05) is 25.7 Å². The summed E-state index contributed by atoms with van der Waals surface area (Å²) < 4.78 is 68.6. The highest BCUT2D eigenvalue weighted by Gasteiger charge is 2.30. The first kappa shape index (κ1) is 95.5. The highest BCUT2D eigenvalue weighted by atomic mass is 31.2. The number of rotatable bonds is 76. The summed E-state index contributed by atoms with van der Waals surface area (Å²) in [4.78, 5) is 72.9. The molecule has 0 heterocycles. The van der Waals surface area contributed by atoms with Crippen molar-refractivity contribution < 1.29 is 80.2 Å². The third-order valence-electron chi connectivity index (χ3n) is 17.8. The molecule has 0 aliphatic carbocycles. The molecular weight excluding hydrogens is 1280 g/mol. The molecule has 5 atom stereocenters. The predicted octanol–water partition coefficient (Wildman–Crippen LogP) is 23.1. The van der Waals surface area contributed by atoms with E-state index in [0.29, 0.717) is 25.7 Å². The normalized spacial score (nSPS) is 14.1. The average molecular weight is 1430 g/mol. The Balaban J connectivity index is 5.29. The first-order valence-electron chi connectivity index (χ1n) is 40.3. The Kier molecular flexibility index (Phi) is 68.5. The largest absolute Gasteiger partial charge is 0.472 e. The lowest BCUT2D eigenvalue weighted by Crippen LogP contribution is -2.30. The molecule has 578 valence electrons. The van der Waals surface area contributed by atoms with Crippen LogP contribution in [-0.2, 0) is 65.4 Å². The highest BCUT2D eigenvalue weighted by Crippen LogP contribution is 2.45. The summed E-state index contributed by atoms with van der Waals surface area (Å²) in [5.41, 5.74) is 0. The lowest BCUT2D eigenvalue weighted by Gasteiger charge is -2.21. The molecule has 98 heavy (non-hydrogen) atoms. The van der Waals surface area contributed by atoms with E-state index in [1.807, 2.05) is 0 Å². The minimum atomic E-state index is -4.97. The summed E-state index contributed by atoms with van der Waals surface area (Å²) in [6, 6.07) is 0. The summed E-state index contributed by atoms with van der Waals surface area (Å²) in [5, 5.41) is 10.6. The molecule has 0 aliphatic rings. The summed E-state index contributed by atoms with van der Waals surface area (Å²) in [7, 11) is -9.93. The zero-order valence-electron chi connectivity index (χ0n) is 63.6. The van der Waals surface area contributed by atoms with E-state index in [4.69, 9.17) is 37.0 Å². The number of allylic oxidation sites excluding steroid dienone is 4. The van der Waals surface area contributed by atoms with Gasteiger partial charge in [-0.15, -0.1) is 0 Å². The lowest BCUT2D eigenvalue weighted by atomic mass is 10.0. The van der Waals surface area contributed by atoms with Crippen LogP contribution in [0.15, 0.2) is 24.3 Å². The van der Waals surface area contributed by atoms with E-state index in [-0.39, 0.29) is 25.7 Å².